The number of hydrogen-bond donors (Lipinski definition) is 2. The van der Waals surface area contributed by atoms with E-state index in [1.165, 1.54) is 14.2 Å². The standard InChI is InChI=1S/C20H21N5O4/c1-28-15-9-14(10-16(11-15)29-2)19-23-20(27)17(24-25-19)3-4-18(26)22-12-13-5-7-21-8-6-13/h5-11H,3-4,12H2,1-2H3,(H,22,26)(H,23,25,27). The number of methoxy groups -OCH3 is 2. The van der Waals surface area contributed by atoms with Crippen molar-refractivity contribution in [3.05, 3.63) is 64.3 Å². The van der Waals surface area contributed by atoms with Crippen LogP contribution >= 0.6 is 0 Å². The summed E-state index contributed by atoms with van der Waals surface area (Å²) in [5.74, 6) is 1.25. The van der Waals surface area contributed by atoms with Crippen LogP contribution in [0.1, 0.15) is 17.7 Å². The number of aromatic amines is 1. The molecule has 0 saturated carbocycles. The van der Waals surface area contributed by atoms with Gasteiger partial charge in [0.15, 0.2) is 5.82 Å². The lowest BCUT2D eigenvalue weighted by Gasteiger charge is -2.08. The zero-order valence-electron chi connectivity index (χ0n) is 16.1. The lowest BCUT2D eigenvalue weighted by Crippen LogP contribution is -2.25. The molecule has 3 rings (SSSR count). The van der Waals surface area contributed by atoms with E-state index in [1.807, 2.05) is 12.1 Å². The van der Waals surface area contributed by atoms with Crippen molar-refractivity contribution in [2.24, 2.45) is 0 Å². The molecule has 2 N–H and O–H groups in total. The number of rotatable bonds is 8. The number of H-pyrrole nitrogens is 1. The van der Waals surface area contributed by atoms with Crippen LogP contribution in [-0.2, 0) is 17.8 Å². The first-order valence-electron chi connectivity index (χ1n) is 8.94. The lowest BCUT2D eigenvalue weighted by atomic mass is 10.2. The number of aromatic nitrogens is 4. The molecule has 9 heteroatoms. The molecule has 0 atom stereocenters. The van der Waals surface area contributed by atoms with Gasteiger partial charge in [0.2, 0.25) is 5.91 Å². The maximum absolute atomic E-state index is 12.4. The van der Waals surface area contributed by atoms with Gasteiger partial charge in [0.05, 0.1) is 14.2 Å². The van der Waals surface area contributed by atoms with Crippen LogP contribution in [0.2, 0.25) is 0 Å². The van der Waals surface area contributed by atoms with Gasteiger partial charge in [-0.2, -0.15) is 0 Å². The molecule has 3 aromatic rings. The van der Waals surface area contributed by atoms with Crippen LogP contribution in [0.5, 0.6) is 11.5 Å². The van der Waals surface area contributed by atoms with Crippen molar-refractivity contribution in [2.45, 2.75) is 19.4 Å². The number of benzene rings is 1. The summed E-state index contributed by atoms with van der Waals surface area (Å²) in [6.07, 6.45) is 3.65. The van der Waals surface area contributed by atoms with Crippen LogP contribution in [0.15, 0.2) is 47.5 Å². The highest BCUT2D eigenvalue weighted by molar-refractivity contribution is 5.76. The van der Waals surface area contributed by atoms with E-state index in [0.717, 1.165) is 5.56 Å². The Morgan fingerprint density at radius 3 is 2.38 bits per heavy atom. The van der Waals surface area contributed by atoms with Gasteiger partial charge < -0.3 is 19.8 Å². The smallest absolute Gasteiger partial charge is 0.273 e. The fourth-order valence-corrected chi connectivity index (χ4v) is 2.62. The third kappa shape index (κ3) is 5.38. The number of aryl methyl sites for hydroxylation is 1. The first-order valence-corrected chi connectivity index (χ1v) is 8.94. The molecule has 29 heavy (non-hydrogen) atoms. The summed E-state index contributed by atoms with van der Waals surface area (Å²) < 4.78 is 10.4. The second-order valence-corrected chi connectivity index (χ2v) is 6.18. The third-order valence-corrected chi connectivity index (χ3v) is 4.22. The Labute approximate surface area is 167 Å². The molecule has 0 saturated heterocycles. The van der Waals surface area contributed by atoms with Gasteiger partial charge in [-0.3, -0.25) is 14.6 Å². The first-order chi connectivity index (χ1) is 14.1. The largest absolute Gasteiger partial charge is 0.497 e. The maximum Gasteiger partial charge on any atom is 0.273 e. The Morgan fingerprint density at radius 1 is 1.07 bits per heavy atom. The Morgan fingerprint density at radius 2 is 1.76 bits per heavy atom. The van der Waals surface area contributed by atoms with Crippen molar-refractivity contribution in [3.63, 3.8) is 0 Å². The number of carbonyl (C=O) groups excluding carboxylic acids is 1. The van der Waals surface area contributed by atoms with Gasteiger partial charge in [-0.15, -0.1) is 10.2 Å². The Kier molecular flexibility index (Phi) is 6.51. The highest BCUT2D eigenvalue weighted by Crippen LogP contribution is 2.27. The minimum Gasteiger partial charge on any atom is -0.497 e. The molecule has 1 aromatic carbocycles. The predicted octanol–water partition coefficient (Wildman–Crippen LogP) is 1.49. The van der Waals surface area contributed by atoms with Crippen LogP contribution in [-0.4, -0.2) is 40.3 Å². The van der Waals surface area contributed by atoms with Crippen LogP contribution in [0.3, 0.4) is 0 Å². The minimum atomic E-state index is -0.390. The van der Waals surface area contributed by atoms with Crippen molar-refractivity contribution < 1.29 is 14.3 Å². The summed E-state index contributed by atoms with van der Waals surface area (Å²) in [6, 6.07) is 8.79. The fraction of sp³-hybridized carbons (Fsp3) is 0.250. The molecule has 0 aliphatic heterocycles. The van der Waals surface area contributed by atoms with E-state index in [-0.39, 0.29) is 30.3 Å². The SMILES string of the molecule is COc1cc(OC)cc(-c2nnc(CCC(=O)NCc3ccncc3)c(=O)[nH]2)c1. The normalized spacial score (nSPS) is 10.4. The third-order valence-electron chi connectivity index (χ3n) is 4.22. The second-order valence-electron chi connectivity index (χ2n) is 6.18. The lowest BCUT2D eigenvalue weighted by molar-refractivity contribution is -0.121. The van der Waals surface area contributed by atoms with E-state index in [1.54, 1.807) is 30.6 Å². The zero-order valence-corrected chi connectivity index (χ0v) is 16.1. The van der Waals surface area contributed by atoms with E-state index in [9.17, 15) is 9.59 Å². The number of amides is 1. The second kappa shape index (κ2) is 9.45. The van der Waals surface area contributed by atoms with Crippen LogP contribution in [0.4, 0.5) is 0 Å². The average molecular weight is 395 g/mol. The van der Waals surface area contributed by atoms with Crippen molar-refractivity contribution in [1.29, 1.82) is 0 Å². The van der Waals surface area contributed by atoms with Crippen molar-refractivity contribution >= 4 is 5.91 Å². The fourth-order valence-electron chi connectivity index (χ4n) is 2.62. The molecule has 2 aromatic heterocycles. The summed E-state index contributed by atoms with van der Waals surface area (Å²) in [6.45, 7) is 0.403. The minimum absolute atomic E-state index is 0.134. The van der Waals surface area contributed by atoms with Crippen molar-refractivity contribution in [1.82, 2.24) is 25.5 Å². The molecular formula is C20H21N5O4. The topological polar surface area (TPSA) is 119 Å². The van der Waals surface area contributed by atoms with Gasteiger partial charge in [0.1, 0.15) is 17.2 Å². The number of hydrogen-bond acceptors (Lipinski definition) is 7. The van der Waals surface area contributed by atoms with Gasteiger partial charge in [-0.25, -0.2) is 0 Å². The molecular weight excluding hydrogens is 374 g/mol. The number of nitrogens with one attached hydrogen (secondary N) is 2. The van der Waals surface area contributed by atoms with Crippen molar-refractivity contribution in [2.75, 3.05) is 14.2 Å². The molecule has 0 bridgehead atoms. The summed E-state index contributed by atoms with van der Waals surface area (Å²) >= 11 is 0. The molecule has 2 heterocycles. The van der Waals surface area contributed by atoms with Crippen LogP contribution in [0.25, 0.3) is 11.4 Å². The summed E-state index contributed by atoms with van der Waals surface area (Å²) in [4.78, 5) is 31.0. The molecule has 150 valence electrons. The molecule has 0 aliphatic carbocycles. The number of ether oxygens (including phenoxy) is 2. The Bertz CT molecular complexity index is 1010. The van der Waals surface area contributed by atoms with Gasteiger partial charge in [-0.05, 0) is 29.8 Å². The van der Waals surface area contributed by atoms with E-state index in [4.69, 9.17) is 9.47 Å². The molecule has 0 aliphatic rings. The molecule has 0 fully saturated rings. The first kappa shape index (κ1) is 20.0. The highest BCUT2D eigenvalue weighted by Gasteiger charge is 2.11. The van der Waals surface area contributed by atoms with Crippen LogP contribution in [0, 0.1) is 0 Å². The molecule has 0 unspecified atom stereocenters. The maximum atomic E-state index is 12.4. The predicted molar refractivity (Wildman–Crippen MR) is 106 cm³/mol. The Balaban J connectivity index is 1.64. The monoisotopic (exact) mass is 395 g/mol. The van der Waals surface area contributed by atoms with E-state index in [0.29, 0.717) is 23.6 Å². The molecule has 1 amide bonds. The van der Waals surface area contributed by atoms with Gasteiger partial charge >= 0.3 is 0 Å². The zero-order chi connectivity index (χ0) is 20.6. The number of nitrogens with zero attached hydrogens (tertiary/aromatic N) is 3. The quantitative estimate of drug-likeness (QED) is 0.593. The number of carbonyl (C=O) groups is 1. The van der Waals surface area contributed by atoms with Crippen molar-refractivity contribution in [3.8, 4) is 22.9 Å². The van der Waals surface area contributed by atoms with E-state index < -0.39 is 5.56 Å². The molecule has 0 spiro atoms. The summed E-state index contributed by atoms with van der Waals surface area (Å²) in [5, 5.41) is 10.9. The molecule has 0 radical (unpaired) electrons. The Hall–Kier alpha value is -3.75. The number of pyridine rings is 1. The van der Waals surface area contributed by atoms with Gasteiger partial charge in [-0.1, -0.05) is 0 Å². The summed E-state index contributed by atoms with van der Waals surface area (Å²) in [7, 11) is 3.08. The average Bonchev–Trinajstić information content (AvgIpc) is 2.77. The molecule has 9 nitrogen and oxygen atoms in total. The summed E-state index contributed by atoms with van der Waals surface area (Å²) in [5.41, 5.74) is 1.36. The van der Waals surface area contributed by atoms with E-state index >= 15 is 0 Å². The van der Waals surface area contributed by atoms with Gasteiger partial charge in [0.25, 0.3) is 5.56 Å². The van der Waals surface area contributed by atoms with Gasteiger partial charge in [0, 0.05) is 43.4 Å². The van der Waals surface area contributed by atoms with E-state index in [2.05, 4.69) is 25.5 Å². The van der Waals surface area contributed by atoms with Crippen LogP contribution < -0.4 is 20.3 Å². The highest BCUT2D eigenvalue weighted by atomic mass is 16.5.